The number of hydrogen-bond donors (Lipinski definition) is 2. The van der Waals surface area contributed by atoms with Crippen LogP contribution in [0.15, 0.2) is 18.2 Å². The Bertz CT molecular complexity index is 484. The SMILES string of the molecule is CC1CCCC(NC(=O)c2ccc3c(c2)CCN3)C1. The zero-order valence-electron chi connectivity index (χ0n) is 11.5. The minimum absolute atomic E-state index is 0.0915. The molecule has 3 heteroatoms. The summed E-state index contributed by atoms with van der Waals surface area (Å²) in [5.41, 5.74) is 3.26. The molecule has 0 aromatic heterocycles. The summed E-state index contributed by atoms with van der Waals surface area (Å²) in [5.74, 6) is 0.831. The number of carbonyl (C=O) groups excluding carboxylic acids is 1. The van der Waals surface area contributed by atoms with Gasteiger partial charge in [0.25, 0.3) is 5.91 Å². The summed E-state index contributed by atoms with van der Waals surface area (Å²) in [5, 5.41) is 6.52. The van der Waals surface area contributed by atoms with Gasteiger partial charge in [-0.3, -0.25) is 4.79 Å². The van der Waals surface area contributed by atoms with Crippen molar-refractivity contribution in [2.24, 2.45) is 5.92 Å². The molecule has 0 spiro atoms. The molecule has 1 saturated carbocycles. The van der Waals surface area contributed by atoms with Crippen LogP contribution in [0.5, 0.6) is 0 Å². The van der Waals surface area contributed by atoms with E-state index in [4.69, 9.17) is 0 Å². The quantitative estimate of drug-likeness (QED) is 0.856. The first-order valence-corrected chi connectivity index (χ1v) is 7.40. The van der Waals surface area contributed by atoms with Gasteiger partial charge in [-0.15, -0.1) is 0 Å². The summed E-state index contributed by atoms with van der Waals surface area (Å²) in [6, 6.07) is 6.36. The summed E-state index contributed by atoms with van der Waals surface area (Å²) in [6.45, 7) is 3.26. The molecule has 1 aliphatic heterocycles. The highest BCUT2D eigenvalue weighted by Crippen LogP contribution is 2.25. The van der Waals surface area contributed by atoms with Crippen LogP contribution in [0.4, 0.5) is 5.69 Å². The number of benzene rings is 1. The number of nitrogens with one attached hydrogen (secondary N) is 2. The molecule has 1 amide bonds. The molecule has 1 fully saturated rings. The average molecular weight is 258 g/mol. The first kappa shape index (κ1) is 12.5. The van der Waals surface area contributed by atoms with E-state index in [-0.39, 0.29) is 5.91 Å². The van der Waals surface area contributed by atoms with E-state index in [0.717, 1.165) is 37.3 Å². The predicted molar refractivity (Wildman–Crippen MR) is 77.5 cm³/mol. The summed E-state index contributed by atoms with van der Waals surface area (Å²) in [7, 11) is 0. The van der Waals surface area contributed by atoms with Gasteiger partial charge in [-0.1, -0.05) is 19.8 Å². The van der Waals surface area contributed by atoms with Crippen molar-refractivity contribution in [3.8, 4) is 0 Å². The van der Waals surface area contributed by atoms with Gasteiger partial charge in [0.15, 0.2) is 0 Å². The highest BCUT2D eigenvalue weighted by molar-refractivity contribution is 5.95. The number of carbonyl (C=O) groups is 1. The Morgan fingerprint density at radius 2 is 2.26 bits per heavy atom. The van der Waals surface area contributed by atoms with Crippen molar-refractivity contribution in [3.05, 3.63) is 29.3 Å². The lowest BCUT2D eigenvalue weighted by molar-refractivity contribution is 0.0921. The molecule has 1 heterocycles. The van der Waals surface area contributed by atoms with Crippen LogP contribution >= 0.6 is 0 Å². The molecule has 3 rings (SSSR count). The smallest absolute Gasteiger partial charge is 0.251 e. The van der Waals surface area contributed by atoms with Gasteiger partial charge in [-0.25, -0.2) is 0 Å². The fourth-order valence-corrected chi connectivity index (χ4v) is 3.28. The molecule has 0 radical (unpaired) electrons. The van der Waals surface area contributed by atoms with Crippen molar-refractivity contribution < 1.29 is 4.79 Å². The molecular formula is C16H22N2O. The molecule has 102 valence electrons. The Kier molecular flexibility index (Phi) is 3.45. The fourth-order valence-electron chi connectivity index (χ4n) is 3.28. The van der Waals surface area contributed by atoms with E-state index in [1.165, 1.54) is 24.1 Å². The van der Waals surface area contributed by atoms with Gasteiger partial charge < -0.3 is 10.6 Å². The lowest BCUT2D eigenvalue weighted by Gasteiger charge is -2.27. The topological polar surface area (TPSA) is 41.1 Å². The van der Waals surface area contributed by atoms with Crippen LogP contribution < -0.4 is 10.6 Å². The maximum absolute atomic E-state index is 12.3. The minimum atomic E-state index is 0.0915. The van der Waals surface area contributed by atoms with Gasteiger partial charge in [0.05, 0.1) is 0 Å². The van der Waals surface area contributed by atoms with Gasteiger partial charge in [0.2, 0.25) is 0 Å². The molecule has 2 aliphatic rings. The Morgan fingerprint density at radius 1 is 1.37 bits per heavy atom. The second-order valence-electron chi connectivity index (χ2n) is 5.99. The predicted octanol–water partition coefficient (Wildman–Crippen LogP) is 2.96. The monoisotopic (exact) mass is 258 g/mol. The summed E-state index contributed by atoms with van der Waals surface area (Å²) in [6.07, 6.45) is 5.81. The van der Waals surface area contributed by atoms with Gasteiger partial charge in [-0.05, 0) is 48.9 Å². The maximum atomic E-state index is 12.3. The first-order valence-electron chi connectivity index (χ1n) is 7.40. The Hall–Kier alpha value is -1.51. The molecular weight excluding hydrogens is 236 g/mol. The van der Waals surface area contributed by atoms with E-state index in [0.29, 0.717) is 6.04 Å². The van der Waals surface area contributed by atoms with E-state index in [1.54, 1.807) is 0 Å². The van der Waals surface area contributed by atoms with Crippen molar-refractivity contribution in [1.82, 2.24) is 5.32 Å². The second kappa shape index (κ2) is 5.24. The van der Waals surface area contributed by atoms with E-state index in [1.807, 2.05) is 18.2 Å². The highest BCUT2D eigenvalue weighted by Gasteiger charge is 2.21. The largest absolute Gasteiger partial charge is 0.384 e. The van der Waals surface area contributed by atoms with Crippen molar-refractivity contribution in [2.75, 3.05) is 11.9 Å². The number of fused-ring (bicyclic) bond motifs is 1. The third-order valence-corrected chi connectivity index (χ3v) is 4.35. The lowest BCUT2D eigenvalue weighted by atomic mass is 9.87. The van der Waals surface area contributed by atoms with E-state index in [9.17, 15) is 4.79 Å². The van der Waals surface area contributed by atoms with Crippen molar-refractivity contribution in [2.45, 2.75) is 45.1 Å². The van der Waals surface area contributed by atoms with Crippen LogP contribution in [0.3, 0.4) is 0 Å². The third kappa shape index (κ3) is 2.75. The highest BCUT2D eigenvalue weighted by atomic mass is 16.1. The van der Waals surface area contributed by atoms with E-state index < -0.39 is 0 Å². The van der Waals surface area contributed by atoms with Crippen molar-refractivity contribution >= 4 is 11.6 Å². The van der Waals surface area contributed by atoms with Crippen LogP contribution in [-0.2, 0) is 6.42 Å². The number of anilines is 1. The fraction of sp³-hybridized carbons (Fsp3) is 0.562. The van der Waals surface area contributed by atoms with Crippen LogP contribution in [0.2, 0.25) is 0 Å². The molecule has 1 aromatic rings. The van der Waals surface area contributed by atoms with Crippen molar-refractivity contribution in [1.29, 1.82) is 0 Å². The number of rotatable bonds is 2. The standard InChI is InChI=1S/C16H22N2O/c1-11-3-2-4-14(9-11)18-16(19)13-5-6-15-12(10-13)7-8-17-15/h5-6,10-11,14,17H,2-4,7-9H2,1H3,(H,18,19). The van der Waals surface area contributed by atoms with Crippen LogP contribution in [0.25, 0.3) is 0 Å². The van der Waals surface area contributed by atoms with Crippen molar-refractivity contribution in [3.63, 3.8) is 0 Å². The average Bonchev–Trinajstić information content (AvgIpc) is 2.85. The molecule has 3 nitrogen and oxygen atoms in total. The normalized spacial score (nSPS) is 25.5. The molecule has 2 atom stereocenters. The van der Waals surface area contributed by atoms with Gasteiger partial charge in [-0.2, -0.15) is 0 Å². The Balaban J connectivity index is 1.67. The van der Waals surface area contributed by atoms with E-state index >= 15 is 0 Å². The lowest BCUT2D eigenvalue weighted by Crippen LogP contribution is -2.37. The number of hydrogen-bond acceptors (Lipinski definition) is 2. The zero-order valence-corrected chi connectivity index (χ0v) is 11.5. The zero-order chi connectivity index (χ0) is 13.2. The minimum Gasteiger partial charge on any atom is -0.384 e. The van der Waals surface area contributed by atoms with Gasteiger partial charge in [0.1, 0.15) is 0 Å². The maximum Gasteiger partial charge on any atom is 0.251 e. The van der Waals surface area contributed by atoms with Crippen LogP contribution in [-0.4, -0.2) is 18.5 Å². The molecule has 2 unspecified atom stereocenters. The molecule has 0 bridgehead atoms. The number of amides is 1. The molecule has 2 N–H and O–H groups in total. The summed E-state index contributed by atoms with van der Waals surface area (Å²) < 4.78 is 0. The Labute approximate surface area is 114 Å². The van der Waals surface area contributed by atoms with Gasteiger partial charge in [0, 0.05) is 23.8 Å². The van der Waals surface area contributed by atoms with Crippen LogP contribution in [0.1, 0.15) is 48.5 Å². The molecule has 1 aromatic carbocycles. The van der Waals surface area contributed by atoms with Crippen LogP contribution in [0, 0.1) is 5.92 Å². The summed E-state index contributed by atoms with van der Waals surface area (Å²) >= 11 is 0. The van der Waals surface area contributed by atoms with Gasteiger partial charge >= 0.3 is 0 Å². The third-order valence-electron chi connectivity index (χ3n) is 4.35. The first-order chi connectivity index (χ1) is 9.22. The molecule has 0 saturated heterocycles. The molecule has 19 heavy (non-hydrogen) atoms. The second-order valence-corrected chi connectivity index (χ2v) is 5.99. The Morgan fingerprint density at radius 3 is 3.11 bits per heavy atom. The molecule has 1 aliphatic carbocycles. The summed E-state index contributed by atoms with van der Waals surface area (Å²) in [4.78, 5) is 12.3. The van der Waals surface area contributed by atoms with E-state index in [2.05, 4.69) is 17.6 Å².